The largest absolute Gasteiger partial charge is 0.310 e. The zero-order valence-corrected chi connectivity index (χ0v) is 13.3. The molecule has 3 aromatic rings. The molecule has 7 heteroatoms. The Labute approximate surface area is 136 Å². The fourth-order valence-electron chi connectivity index (χ4n) is 3.29. The van der Waals surface area contributed by atoms with Crippen LogP contribution in [0.3, 0.4) is 0 Å². The molecular weight excluding hydrogens is 330 g/mol. The van der Waals surface area contributed by atoms with Crippen molar-refractivity contribution in [2.45, 2.75) is 4.90 Å². The van der Waals surface area contributed by atoms with Crippen molar-refractivity contribution in [2.24, 2.45) is 7.05 Å². The lowest BCUT2D eigenvalue weighted by molar-refractivity contribution is 0.104. The van der Waals surface area contributed by atoms with Gasteiger partial charge in [-0.3, -0.25) is 14.1 Å². The van der Waals surface area contributed by atoms with Crippen molar-refractivity contribution in [1.82, 2.24) is 4.57 Å². The molecule has 4 rings (SSSR count). The number of hydrogen-bond acceptors (Lipinski definition) is 4. The Morgan fingerprint density at radius 3 is 2.21 bits per heavy atom. The first kappa shape index (κ1) is 14.8. The van der Waals surface area contributed by atoms with Crippen molar-refractivity contribution in [1.29, 1.82) is 0 Å². The second-order valence-corrected chi connectivity index (χ2v) is 6.98. The van der Waals surface area contributed by atoms with Gasteiger partial charge in [-0.1, -0.05) is 36.4 Å². The van der Waals surface area contributed by atoms with Crippen LogP contribution in [0.5, 0.6) is 0 Å². The Morgan fingerprint density at radius 2 is 1.54 bits per heavy atom. The summed E-state index contributed by atoms with van der Waals surface area (Å²) in [5, 5.41) is 0.357. The smallest absolute Gasteiger partial charge is 0.300 e. The zero-order chi connectivity index (χ0) is 17.2. The topological polar surface area (TPSA) is 93.4 Å². The third kappa shape index (κ3) is 1.76. The average molecular weight is 341 g/mol. The molecule has 2 aromatic carbocycles. The minimum absolute atomic E-state index is 0.0846. The van der Waals surface area contributed by atoms with Crippen LogP contribution in [-0.4, -0.2) is 23.3 Å². The first-order chi connectivity index (χ1) is 11.3. The van der Waals surface area contributed by atoms with Crippen molar-refractivity contribution < 1.29 is 17.8 Å². The van der Waals surface area contributed by atoms with Gasteiger partial charge in [-0.2, -0.15) is 8.42 Å². The van der Waals surface area contributed by atoms with Gasteiger partial charge < -0.3 is 4.57 Å². The normalized spacial score (nSPS) is 13.2. The number of nitrogens with zero attached hydrogens (tertiary/aromatic N) is 1. The monoisotopic (exact) mass is 341 g/mol. The number of rotatable bonds is 1. The van der Waals surface area contributed by atoms with Crippen LogP contribution in [0.4, 0.5) is 0 Å². The second-order valence-electron chi connectivity index (χ2n) is 5.62. The number of carbonyl (C=O) groups is 1. The van der Waals surface area contributed by atoms with Crippen molar-refractivity contribution in [2.75, 3.05) is 0 Å². The molecule has 1 aliphatic rings. The molecule has 0 spiro atoms. The van der Waals surface area contributed by atoms with Crippen LogP contribution < -0.4 is 5.56 Å². The summed E-state index contributed by atoms with van der Waals surface area (Å²) in [6.07, 6.45) is 0. The molecule has 0 saturated heterocycles. The molecule has 0 amide bonds. The fourth-order valence-corrected chi connectivity index (χ4v) is 4.12. The van der Waals surface area contributed by atoms with Gasteiger partial charge in [0.15, 0.2) is 10.7 Å². The van der Waals surface area contributed by atoms with Crippen LogP contribution in [0.2, 0.25) is 0 Å². The van der Waals surface area contributed by atoms with E-state index in [1.807, 2.05) is 0 Å². The number of hydrogen-bond donors (Lipinski definition) is 1. The van der Waals surface area contributed by atoms with E-state index in [9.17, 15) is 22.6 Å². The van der Waals surface area contributed by atoms with E-state index in [0.29, 0.717) is 27.6 Å². The molecule has 120 valence electrons. The highest BCUT2D eigenvalue weighted by Gasteiger charge is 2.33. The summed E-state index contributed by atoms with van der Waals surface area (Å²) in [6, 6.07) is 11.3. The minimum atomic E-state index is -4.78. The van der Waals surface area contributed by atoms with Gasteiger partial charge in [0, 0.05) is 29.1 Å². The first-order valence-corrected chi connectivity index (χ1v) is 8.53. The van der Waals surface area contributed by atoms with Crippen LogP contribution in [0.1, 0.15) is 15.9 Å². The number of benzene rings is 2. The average Bonchev–Trinajstić information content (AvgIpc) is 2.55. The van der Waals surface area contributed by atoms with Gasteiger partial charge in [-0.25, -0.2) is 0 Å². The SMILES string of the molecule is Cn1c(=O)c(S(=O)(=O)O)c2c3c(cccc31)C(=O)c1ccccc1-2. The van der Waals surface area contributed by atoms with Crippen LogP contribution in [0, 0.1) is 0 Å². The standard InChI is InChI=1S/C17H11NO5S/c1-18-12-8-4-7-11-13(12)14(16(17(18)20)24(21,22)23)9-5-2-3-6-10(9)15(11)19/h2-8H,1H3,(H,21,22,23). The molecule has 1 aromatic heterocycles. The Balaban J connectivity index is 2.43. The molecule has 1 N–H and O–H groups in total. The first-order valence-electron chi connectivity index (χ1n) is 7.09. The predicted molar refractivity (Wildman–Crippen MR) is 87.9 cm³/mol. The van der Waals surface area contributed by atoms with Crippen molar-refractivity contribution in [3.05, 3.63) is 63.9 Å². The summed E-state index contributed by atoms with van der Waals surface area (Å²) < 4.78 is 34.6. The van der Waals surface area contributed by atoms with E-state index >= 15 is 0 Å². The number of carbonyl (C=O) groups excluding carboxylic acids is 1. The van der Waals surface area contributed by atoms with Crippen LogP contribution in [-0.2, 0) is 17.2 Å². The van der Waals surface area contributed by atoms with Gasteiger partial charge in [0.1, 0.15) is 0 Å². The summed E-state index contributed by atoms with van der Waals surface area (Å²) in [7, 11) is -3.37. The van der Waals surface area contributed by atoms with E-state index in [1.54, 1.807) is 42.5 Å². The molecule has 0 unspecified atom stereocenters. The lowest BCUT2D eigenvalue weighted by Gasteiger charge is -2.22. The Bertz CT molecular complexity index is 1220. The molecule has 6 nitrogen and oxygen atoms in total. The summed E-state index contributed by atoms with van der Waals surface area (Å²) in [4.78, 5) is 24.6. The van der Waals surface area contributed by atoms with Gasteiger partial charge in [0.05, 0.1) is 5.52 Å². The van der Waals surface area contributed by atoms with Gasteiger partial charge >= 0.3 is 10.1 Å². The van der Waals surface area contributed by atoms with Crippen LogP contribution in [0.25, 0.3) is 22.0 Å². The highest BCUT2D eigenvalue weighted by atomic mass is 32.2. The van der Waals surface area contributed by atoms with E-state index in [-0.39, 0.29) is 11.3 Å². The van der Waals surface area contributed by atoms with E-state index in [4.69, 9.17) is 0 Å². The number of aromatic nitrogens is 1. The Morgan fingerprint density at radius 1 is 0.917 bits per heavy atom. The van der Waals surface area contributed by atoms with Gasteiger partial charge in [-0.05, 0) is 11.6 Å². The lowest BCUT2D eigenvalue weighted by Crippen LogP contribution is -2.27. The van der Waals surface area contributed by atoms with E-state index in [2.05, 4.69) is 0 Å². The lowest BCUT2D eigenvalue weighted by atomic mass is 9.84. The zero-order valence-electron chi connectivity index (χ0n) is 12.5. The quantitative estimate of drug-likeness (QED) is 0.535. The maximum Gasteiger partial charge on any atom is 0.300 e. The minimum Gasteiger partial charge on any atom is -0.310 e. The molecule has 0 bridgehead atoms. The third-order valence-corrected chi connectivity index (χ3v) is 5.22. The Kier molecular flexibility index (Phi) is 2.85. The van der Waals surface area contributed by atoms with Gasteiger partial charge in [0.25, 0.3) is 5.56 Å². The third-order valence-electron chi connectivity index (χ3n) is 4.32. The van der Waals surface area contributed by atoms with E-state index in [1.165, 1.54) is 7.05 Å². The summed E-state index contributed by atoms with van der Waals surface area (Å²) in [5.41, 5.74) is 0.624. The summed E-state index contributed by atoms with van der Waals surface area (Å²) >= 11 is 0. The highest BCUT2D eigenvalue weighted by molar-refractivity contribution is 7.86. The maximum absolute atomic E-state index is 12.8. The molecule has 0 atom stereocenters. The molecule has 1 heterocycles. The van der Waals surface area contributed by atoms with Crippen molar-refractivity contribution in [3.63, 3.8) is 0 Å². The number of aryl methyl sites for hydroxylation is 1. The molecule has 0 saturated carbocycles. The van der Waals surface area contributed by atoms with E-state index < -0.39 is 20.6 Å². The van der Waals surface area contributed by atoms with Crippen LogP contribution >= 0.6 is 0 Å². The van der Waals surface area contributed by atoms with E-state index in [0.717, 1.165) is 4.57 Å². The Hall–Kier alpha value is -2.77. The highest BCUT2D eigenvalue weighted by Crippen LogP contribution is 2.41. The summed E-state index contributed by atoms with van der Waals surface area (Å²) in [6.45, 7) is 0. The second kappa shape index (κ2) is 4.62. The molecule has 0 aliphatic heterocycles. The predicted octanol–water partition coefficient (Wildman–Crippen LogP) is 2.00. The number of pyridine rings is 1. The van der Waals surface area contributed by atoms with Crippen molar-refractivity contribution >= 4 is 26.8 Å². The van der Waals surface area contributed by atoms with Crippen LogP contribution in [0.15, 0.2) is 52.2 Å². The maximum atomic E-state index is 12.8. The molecule has 0 fully saturated rings. The molecule has 1 aliphatic carbocycles. The number of ketones is 1. The molecule has 24 heavy (non-hydrogen) atoms. The van der Waals surface area contributed by atoms with Crippen molar-refractivity contribution in [3.8, 4) is 11.1 Å². The number of fused-ring (bicyclic) bond motifs is 2. The molecular formula is C17H11NO5S. The summed E-state index contributed by atoms with van der Waals surface area (Å²) in [5.74, 6) is -0.247. The van der Waals surface area contributed by atoms with Gasteiger partial charge in [-0.15, -0.1) is 0 Å². The van der Waals surface area contributed by atoms with Gasteiger partial charge in [0.2, 0.25) is 0 Å². The molecule has 0 radical (unpaired) electrons. The fraction of sp³-hybridized carbons (Fsp3) is 0.0588.